The maximum Gasteiger partial charge on any atom is 0.151 e. The van der Waals surface area contributed by atoms with Crippen molar-refractivity contribution < 1.29 is 13.2 Å². The number of benzene rings is 1. The first-order valence-electron chi connectivity index (χ1n) is 5.53. The molecular weight excluding hydrogens is 304 g/mol. The largest absolute Gasteiger partial charge is 0.492 e. The van der Waals surface area contributed by atoms with Gasteiger partial charge in [-0.2, -0.15) is 0 Å². The summed E-state index contributed by atoms with van der Waals surface area (Å²) in [5.41, 5.74) is 0.776. The van der Waals surface area contributed by atoms with Gasteiger partial charge in [0.2, 0.25) is 0 Å². The molecule has 2 rings (SSSR count). The van der Waals surface area contributed by atoms with Crippen molar-refractivity contribution in [2.75, 3.05) is 12.9 Å². The fourth-order valence-corrected chi connectivity index (χ4v) is 2.87. The van der Waals surface area contributed by atoms with Crippen molar-refractivity contribution in [3.05, 3.63) is 28.2 Å². The van der Waals surface area contributed by atoms with Gasteiger partial charge in [0, 0.05) is 6.26 Å². The van der Waals surface area contributed by atoms with Gasteiger partial charge in [-0.1, -0.05) is 6.07 Å². The first-order chi connectivity index (χ1) is 7.94. The fourth-order valence-electron chi connectivity index (χ4n) is 1.55. The van der Waals surface area contributed by atoms with Crippen molar-refractivity contribution in [1.82, 2.24) is 0 Å². The molecule has 0 heterocycles. The lowest BCUT2D eigenvalue weighted by Gasteiger charge is -2.08. The van der Waals surface area contributed by atoms with Gasteiger partial charge < -0.3 is 4.74 Å². The van der Waals surface area contributed by atoms with Crippen LogP contribution in [0.1, 0.15) is 18.4 Å². The third kappa shape index (κ3) is 4.32. The second-order valence-electron chi connectivity index (χ2n) is 4.59. The van der Waals surface area contributed by atoms with E-state index in [0.29, 0.717) is 5.92 Å². The molecule has 0 saturated heterocycles. The molecule has 94 valence electrons. The number of ether oxygens (including phenoxy) is 1. The molecule has 0 atom stereocenters. The van der Waals surface area contributed by atoms with E-state index in [1.165, 1.54) is 19.1 Å². The van der Waals surface area contributed by atoms with Crippen LogP contribution in [0.2, 0.25) is 0 Å². The van der Waals surface area contributed by atoms with E-state index in [1.54, 1.807) is 6.07 Å². The molecule has 0 bridgehead atoms. The van der Waals surface area contributed by atoms with Crippen LogP contribution in [0, 0.1) is 5.92 Å². The zero-order valence-corrected chi connectivity index (χ0v) is 12.1. The number of hydrogen-bond acceptors (Lipinski definition) is 3. The normalized spacial score (nSPS) is 15.9. The summed E-state index contributed by atoms with van der Waals surface area (Å²) in [6.45, 7) is 0.754. The van der Waals surface area contributed by atoms with Crippen LogP contribution in [0.4, 0.5) is 0 Å². The molecular formula is C12H15BrO3S. The van der Waals surface area contributed by atoms with Gasteiger partial charge in [0.15, 0.2) is 9.84 Å². The topological polar surface area (TPSA) is 43.4 Å². The Kier molecular flexibility index (Phi) is 3.78. The number of rotatable bonds is 5. The van der Waals surface area contributed by atoms with Gasteiger partial charge >= 0.3 is 0 Å². The predicted molar refractivity (Wildman–Crippen MR) is 70.9 cm³/mol. The van der Waals surface area contributed by atoms with Gasteiger partial charge in [0.05, 0.1) is 16.8 Å². The van der Waals surface area contributed by atoms with Crippen LogP contribution in [0.3, 0.4) is 0 Å². The molecule has 0 amide bonds. The van der Waals surface area contributed by atoms with Gasteiger partial charge in [-0.25, -0.2) is 8.42 Å². The molecule has 1 aromatic carbocycles. The van der Waals surface area contributed by atoms with Crippen molar-refractivity contribution in [3.8, 4) is 5.75 Å². The first-order valence-corrected chi connectivity index (χ1v) is 8.38. The summed E-state index contributed by atoms with van der Waals surface area (Å²) in [6.07, 6.45) is 3.74. The quantitative estimate of drug-likeness (QED) is 0.838. The van der Waals surface area contributed by atoms with Crippen molar-refractivity contribution in [3.63, 3.8) is 0 Å². The molecule has 0 aliphatic heterocycles. The molecule has 17 heavy (non-hydrogen) atoms. The molecule has 1 fully saturated rings. The second kappa shape index (κ2) is 4.98. The van der Waals surface area contributed by atoms with Crippen LogP contribution in [0.5, 0.6) is 5.75 Å². The maximum absolute atomic E-state index is 11.2. The Hall–Kier alpha value is -0.550. The predicted octanol–water partition coefficient (Wildman–Crippen LogP) is 2.78. The maximum atomic E-state index is 11.2. The molecule has 0 spiro atoms. The molecule has 3 nitrogen and oxygen atoms in total. The summed E-state index contributed by atoms with van der Waals surface area (Å²) in [6, 6.07) is 5.43. The molecule has 1 aliphatic rings. The molecule has 1 aliphatic carbocycles. The third-order valence-corrected chi connectivity index (χ3v) is 4.07. The standard InChI is InChI=1S/C12H15BrO3S/c1-17(14,15)8-10-4-5-12(11(13)6-10)16-7-9-2-3-9/h4-6,9H,2-3,7-8H2,1H3. The Balaban J connectivity index is 2.04. The SMILES string of the molecule is CS(=O)(=O)Cc1ccc(OCC2CC2)c(Br)c1. The summed E-state index contributed by atoms with van der Waals surface area (Å²) in [5, 5.41) is 0. The van der Waals surface area contributed by atoms with E-state index < -0.39 is 9.84 Å². The van der Waals surface area contributed by atoms with Crippen LogP contribution in [0.15, 0.2) is 22.7 Å². The van der Waals surface area contributed by atoms with E-state index in [9.17, 15) is 8.42 Å². The summed E-state index contributed by atoms with van der Waals surface area (Å²) in [5.74, 6) is 1.56. The number of halogens is 1. The van der Waals surface area contributed by atoms with Crippen LogP contribution < -0.4 is 4.74 Å². The molecule has 1 saturated carbocycles. The van der Waals surface area contributed by atoms with E-state index in [0.717, 1.165) is 22.4 Å². The van der Waals surface area contributed by atoms with Crippen molar-refractivity contribution in [2.24, 2.45) is 5.92 Å². The van der Waals surface area contributed by atoms with Crippen LogP contribution in [-0.4, -0.2) is 21.3 Å². The van der Waals surface area contributed by atoms with Crippen molar-refractivity contribution in [2.45, 2.75) is 18.6 Å². The van der Waals surface area contributed by atoms with E-state index in [4.69, 9.17) is 4.74 Å². The molecule has 5 heteroatoms. The van der Waals surface area contributed by atoms with Gasteiger partial charge in [0.1, 0.15) is 5.75 Å². The summed E-state index contributed by atoms with van der Waals surface area (Å²) in [4.78, 5) is 0. The minimum absolute atomic E-state index is 0.0640. The van der Waals surface area contributed by atoms with Crippen LogP contribution >= 0.6 is 15.9 Å². The summed E-state index contributed by atoms with van der Waals surface area (Å²) >= 11 is 3.41. The molecule has 0 radical (unpaired) electrons. The van der Waals surface area contributed by atoms with Crippen molar-refractivity contribution in [1.29, 1.82) is 0 Å². The fraction of sp³-hybridized carbons (Fsp3) is 0.500. The average Bonchev–Trinajstić information content (AvgIpc) is 2.97. The minimum Gasteiger partial charge on any atom is -0.492 e. The smallest absolute Gasteiger partial charge is 0.151 e. The van der Waals surface area contributed by atoms with Crippen molar-refractivity contribution >= 4 is 25.8 Å². The van der Waals surface area contributed by atoms with E-state index >= 15 is 0 Å². The summed E-state index contributed by atoms with van der Waals surface area (Å²) < 4.78 is 28.8. The lowest BCUT2D eigenvalue weighted by molar-refractivity contribution is 0.298. The highest BCUT2D eigenvalue weighted by Crippen LogP contribution is 2.32. The highest BCUT2D eigenvalue weighted by molar-refractivity contribution is 9.10. The Morgan fingerprint density at radius 3 is 2.65 bits per heavy atom. The van der Waals surface area contributed by atoms with Crippen LogP contribution in [-0.2, 0) is 15.6 Å². The Labute approximate surface area is 110 Å². The molecule has 0 N–H and O–H groups in total. The number of hydrogen-bond donors (Lipinski definition) is 0. The van der Waals surface area contributed by atoms with Gasteiger partial charge in [-0.15, -0.1) is 0 Å². The zero-order valence-electron chi connectivity index (χ0n) is 9.65. The van der Waals surface area contributed by atoms with Gasteiger partial charge in [-0.3, -0.25) is 0 Å². The summed E-state index contributed by atoms with van der Waals surface area (Å²) in [7, 11) is -2.98. The monoisotopic (exact) mass is 318 g/mol. The van der Waals surface area contributed by atoms with Gasteiger partial charge in [-0.05, 0) is 52.4 Å². The van der Waals surface area contributed by atoms with Crippen LogP contribution in [0.25, 0.3) is 0 Å². The molecule has 1 aromatic rings. The minimum atomic E-state index is -2.98. The second-order valence-corrected chi connectivity index (χ2v) is 7.58. The first kappa shape index (κ1) is 12.9. The molecule has 0 aromatic heterocycles. The Morgan fingerprint density at radius 2 is 2.12 bits per heavy atom. The lowest BCUT2D eigenvalue weighted by atomic mass is 10.2. The lowest BCUT2D eigenvalue weighted by Crippen LogP contribution is -2.02. The highest BCUT2D eigenvalue weighted by atomic mass is 79.9. The zero-order chi connectivity index (χ0) is 12.5. The molecule has 0 unspecified atom stereocenters. The van der Waals surface area contributed by atoms with E-state index in [-0.39, 0.29) is 5.75 Å². The Bertz CT molecular complexity index is 506. The van der Waals surface area contributed by atoms with E-state index in [1.807, 2.05) is 12.1 Å². The number of sulfone groups is 1. The Morgan fingerprint density at radius 1 is 1.41 bits per heavy atom. The average molecular weight is 319 g/mol. The van der Waals surface area contributed by atoms with E-state index in [2.05, 4.69) is 15.9 Å². The van der Waals surface area contributed by atoms with Gasteiger partial charge in [0.25, 0.3) is 0 Å². The third-order valence-electron chi connectivity index (χ3n) is 2.60. The highest BCUT2D eigenvalue weighted by Gasteiger charge is 2.22.